The number of rotatable bonds is 3. The molecule has 5 heteroatoms. The number of hydrogen-bond acceptors (Lipinski definition) is 4. The average Bonchev–Trinajstić information content (AvgIpc) is 2.57. The summed E-state index contributed by atoms with van der Waals surface area (Å²) in [5, 5.41) is 12.7. The summed E-state index contributed by atoms with van der Waals surface area (Å²) in [6.07, 6.45) is 0. The molecule has 0 radical (unpaired) electrons. The molecule has 0 aliphatic heterocycles. The molecule has 0 aliphatic rings. The molecule has 2 rings (SSSR count). The number of benzene rings is 1. The van der Waals surface area contributed by atoms with Crippen molar-refractivity contribution in [2.24, 2.45) is 0 Å². The van der Waals surface area contributed by atoms with Crippen molar-refractivity contribution >= 4 is 33.2 Å². The van der Waals surface area contributed by atoms with Crippen LogP contribution in [0.1, 0.15) is 11.9 Å². The molecule has 0 aliphatic carbocycles. The number of anilines is 1. The molecule has 16 heavy (non-hydrogen) atoms. The molecule has 84 valence electrons. The standard InChI is InChI=1S/C11H12N2O2S/c1-6(11(14)15)12-8-3-4-9-10(5-8)16-7(2)13-9/h3-6,12H,1-2H3,(H,14,15). The third-order valence-electron chi connectivity index (χ3n) is 2.25. The highest BCUT2D eigenvalue weighted by Crippen LogP contribution is 2.24. The topological polar surface area (TPSA) is 62.2 Å². The lowest BCUT2D eigenvalue weighted by molar-refractivity contribution is -0.137. The van der Waals surface area contributed by atoms with Gasteiger partial charge < -0.3 is 10.4 Å². The normalized spacial score (nSPS) is 12.6. The van der Waals surface area contributed by atoms with Crippen LogP contribution in [0.2, 0.25) is 0 Å². The van der Waals surface area contributed by atoms with Crippen molar-refractivity contribution in [1.29, 1.82) is 0 Å². The zero-order valence-corrected chi connectivity index (χ0v) is 9.84. The van der Waals surface area contributed by atoms with Crippen LogP contribution in [0.25, 0.3) is 10.2 Å². The van der Waals surface area contributed by atoms with Crippen LogP contribution in [-0.4, -0.2) is 22.1 Å². The van der Waals surface area contributed by atoms with Crippen molar-refractivity contribution in [3.8, 4) is 0 Å². The van der Waals surface area contributed by atoms with Crippen LogP contribution in [0.4, 0.5) is 5.69 Å². The number of hydrogen-bond donors (Lipinski definition) is 2. The average molecular weight is 236 g/mol. The van der Waals surface area contributed by atoms with E-state index in [1.807, 2.05) is 25.1 Å². The minimum Gasteiger partial charge on any atom is -0.480 e. The van der Waals surface area contributed by atoms with E-state index >= 15 is 0 Å². The first-order chi connectivity index (χ1) is 7.56. The van der Waals surface area contributed by atoms with Gasteiger partial charge in [0.25, 0.3) is 0 Å². The predicted octanol–water partition coefficient (Wildman–Crippen LogP) is 2.49. The summed E-state index contributed by atoms with van der Waals surface area (Å²) >= 11 is 1.60. The van der Waals surface area contributed by atoms with Crippen LogP contribution < -0.4 is 5.32 Å². The van der Waals surface area contributed by atoms with Gasteiger partial charge in [-0.25, -0.2) is 4.98 Å². The number of thiazole rings is 1. The zero-order valence-electron chi connectivity index (χ0n) is 9.02. The molecule has 0 bridgehead atoms. The van der Waals surface area contributed by atoms with Crippen molar-refractivity contribution in [2.75, 3.05) is 5.32 Å². The molecule has 1 heterocycles. The number of fused-ring (bicyclic) bond motifs is 1. The SMILES string of the molecule is Cc1nc2ccc(NC(C)C(=O)O)cc2s1. The molecule has 0 saturated carbocycles. The van der Waals surface area contributed by atoms with E-state index in [9.17, 15) is 4.79 Å². The Labute approximate surface area is 96.9 Å². The fraction of sp³-hybridized carbons (Fsp3) is 0.273. The summed E-state index contributed by atoms with van der Waals surface area (Å²) in [6, 6.07) is 5.09. The maximum absolute atomic E-state index is 10.7. The summed E-state index contributed by atoms with van der Waals surface area (Å²) < 4.78 is 1.07. The number of aryl methyl sites for hydroxylation is 1. The zero-order chi connectivity index (χ0) is 11.7. The molecule has 0 saturated heterocycles. The first kappa shape index (κ1) is 10.9. The highest BCUT2D eigenvalue weighted by molar-refractivity contribution is 7.18. The maximum Gasteiger partial charge on any atom is 0.325 e. The van der Waals surface area contributed by atoms with Crippen molar-refractivity contribution in [2.45, 2.75) is 19.9 Å². The van der Waals surface area contributed by atoms with E-state index in [1.54, 1.807) is 18.3 Å². The van der Waals surface area contributed by atoms with Crippen LogP contribution in [-0.2, 0) is 4.79 Å². The minimum absolute atomic E-state index is 0.591. The highest BCUT2D eigenvalue weighted by atomic mass is 32.1. The molecule has 0 spiro atoms. The van der Waals surface area contributed by atoms with Crippen LogP contribution >= 0.6 is 11.3 Å². The van der Waals surface area contributed by atoms with Crippen LogP contribution in [0.3, 0.4) is 0 Å². The number of aromatic nitrogens is 1. The summed E-state index contributed by atoms with van der Waals surface area (Å²) in [5.41, 5.74) is 1.77. The monoisotopic (exact) mass is 236 g/mol. The summed E-state index contributed by atoms with van der Waals surface area (Å²) in [6.45, 7) is 3.57. The first-order valence-electron chi connectivity index (χ1n) is 4.93. The lowest BCUT2D eigenvalue weighted by Crippen LogP contribution is -2.25. The van der Waals surface area contributed by atoms with E-state index in [0.29, 0.717) is 0 Å². The lowest BCUT2D eigenvalue weighted by atomic mass is 10.2. The minimum atomic E-state index is -0.861. The van der Waals surface area contributed by atoms with Gasteiger partial charge in [-0.3, -0.25) is 4.79 Å². The Morgan fingerprint density at radius 1 is 1.56 bits per heavy atom. The summed E-state index contributed by atoms with van der Waals surface area (Å²) in [5.74, 6) is -0.861. The number of carboxylic acids is 1. The lowest BCUT2D eigenvalue weighted by Gasteiger charge is -2.10. The Kier molecular flexibility index (Phi) is 2.78. The Morgan fingerprint density at radius 3 is 3.00 bits per heavy atom. The molecule has 0 fully saturated rings. The molecule has 1 aromatic carbocycles. The van der Waals surface area contributed by atoms with Crippen molar-refractivity contribution in [3.63, 3.8) is 0 Å². The van der Waals surface area contributed by atoms with E-state index in [2.05, 4.69) is 10.3 Å². The van der Waals surface area contributed by atoms with Gasteiger partial charge in [0.2, 0.25) is 0 Å². The fourth-order valence-electron chi connectivity index (χ4n) is 1.44. The van der Waals surface area contributed by atoms with Gasteiger partial charge in [-0.15, -0.1) is 11.3 Å². The molecule has 1 atom stereocenters. The second-order valence-electron chi connectivity index (χ2n) is 3.62. The largest absolute Gasteiger partial charge is 0.480 e. The second kappa shape index (κ2) is 4.09. The maximum atomic E-state index is 10.7. The quantitative estimate of drug-likeness (QED) is 0.859. The van der Waals surface area contributed by atoms with Gasteiger partial charge in [0.05, 0.1) is 15.2 Å². The van der Waals surface area contributed by atoms with Crippen LogP contribution in [0.15, 0.2) is 18.2 Å². The van der Waals surface area contributed by atoms with Gasteiger partial charge in [0, 0.05) is 5.69 Å². The van der Waals surface area contributed by atoms with Gasteiger partial charge in [0.15, 0.2) is 0 Å². The molecular formula is C11H12N2O2S. The number of nitrogens with one attached hydrogen (secondary N) is 1. The van der Waals surface area contributed by atoms with Gasteiger partial charge in [-0.2, -0.15) is 0 Å². The number of aliphatic carboxylic acids is 1. The molecule has 2 N–H and O–H groups in total. The van der Waals surface area contributed by atoms with Gasteiger partial charge in [0.1, 0.15) is 6.04 Å². The molecule has 1 aromatic heterocycles. The number of carbonyl (C=O) groups is 1. The predicted molar refractivity (Wildman–Crippen MR) is 65.1 cm³/mol. The third-order valence-corrected chi connectivity index (χ3v) is 3.18. The van der Waals surface area contributed by atoms with E-state index in [1.165, 1.54) is 0 Å². The Balaban J connectivity index is 2.28. The van der Waals surface area contributed by atoms with Crippen LogP contribution in [0, 0.1) is 6.92 Å². The Bertz CT molecular complexity index is 536. The Hall–Kier alpha value is -1.62. The number of nitrogens with zero attached hydrogens (tertiary/aromatic N) is 1. The molecule has 0 amide bonds. The molecule has 2 aromatic rings. The van der Waals surface area contributed by atoms with Crippen molar-refractivity contribution < 1.29 is 9.90 Å². The highest BCUT2D eigenvalue weighted by Gasteiger charge is 2.10. The second-order valence-corrected chi connectivity index (χ2v) is 4.85. The fourth-order valence-corrected chi connectivity index (χ4v) is 2.31. The van der Waals surface area contributed by atoms with E-state index in [4.69, 9.17) is 5.11 Å². The van der Waals surface area contributed by atoms with E-state index in [0.717, 1.165) is 20.9 Å². The molecular weight excluding hydrogens is 224 g/mol. The smallest absolute Gasteiger partial charge is 0.325 e. The number of carboxylic acid groups (broad SMARTS) is 1. The van der Waals surface area contributed by atoms with Crippen LogP contribution in [0.5, 0.6) is 0 Å². The Morgan fingerprint density at radius 2 is 2.31 bits per heavy atom. The third kappa shape index (κ3) is 2.14. The van der Waals surface area contributed by atoms with Gasteiger partial charge in [-0.1, -0.05) is 0 Å². The van der Waals surface area contributed by atoms with E-state index in [-0.39, 0.29) is 0 Å². The first-order valence-corrected chi connectivity index (χ1v) is 5.74. The van der Waals surface area contributed by atoms with E-state index < -0.39 is 12.0 Å². The summed E-state index contributed by atoms with van der Waals surface area (Å²) in [7, 11) is 0. The molecule has 1 unspecified atom stereocenters. The molecule has 4 nitrogen and oxygen atoms in total. The van der Waals surface area contributed by atoms with Crippen molar-refractivity contribution in [1.82, 2.24) is 4.98 Å². The van der Waals surface area contributed by atoms with Gasteiger partial charge in [-0.05, 0) is 32.0 Å². The van der Waals surface area contributed by atoms with Crippen molar-refractivity contribution in [3.05, 3.63) is 23.2 Å². The van der Waals surface area contributed by atoms with Gasteiger partial charge >= 0.3 is 5.97 Å². The summed E-state index contributed by atoms with van der Waals surface area (Å²) in [4.78, 5) is 15.0.